The van der Waals surface area contributed by atoms with Crippen LogP contribution >= 0.6 is 23.2 Å². The van der Waals surface area contributed by atoms with Crippen molar-refractivity contribution < 1.29 is 14.7 Å². The number of aliphatic carboxylic acids is 1. The number of hydrogen-bond donors (Lipinski definition) is 3. The molecule has 2 unspecified atom stereocenters. The van der Waals surface area contributed by atoms with Gasteiger partial charge >= 0.3 is 12.0 Å². The summed E-state index contributed by atoms with van der Waals surface area (Å²) in [7, 11) is 0. The van der Waals surface area contributed by atoms with Crippen LogP contribution in [0.1, 0.15) is 19.3 Å². The van der Waals surface area contributed by atoms with Crippen molar-refractivity contribution in [2.24, 2.45) is 11.8 Å². The molecule has 7 heteroatoms. The van der Waals surface area contributed by atoms with Crippen molar-refractivity contribution >= 4 is 40.9 Å². The summed E-state index contributed by atoms with van der Waals surface area (Å²) in [5.41, 5.74) is 0.419. The van der Waals surface area contributed by atoms with Gasteiger partial charge in [-0.2, -0.15) is 0 Å². The number of amides is 2. The number of halogens is 2. The fourth-order valence-corrected chi connectivity index (χ4v) is 2.93. The van der Waals surface area contributed by atoms with Crippen molar-refractivity contribution in [2.75, 3.05) is 11.9 Å². The van der Waals surface area contributed by atoms with Gasteiger partial charge in [-0.05, 0) is 37.0 Å². The number of hydrogen-bond acceptors (Lipinski definition) is 2. The number of carboxylic acids is 1. The number of carbonyl (C=O) groups is 2. The Morgan fingerprint density at radius 1 is 1.29 bits per heavy atom. The highest BCUT2D eigenvalue weighted by atomic mass is 35.5. The minimum atomic E-state index is -0.794. The molecule has 0 spiro atoms. The van der Waals surface area contributed by atoms with E-state index in [-0.39, 0.29) is 11.8 Å². The summed E-state index contributed by atoms with van der Waals surface area (Å²) in [6, 6.07) is 4.36. The van der Waals surface area contributed by atoms with Crippen LogP contribution in [0.15, 0.2) is 18.2 Å². The molecule has 0 aromatic heterocycles. The molecule has 3 N–H and O–H groups in total. The Morgan fingerprint density at radius 3 is 2.76 bits per heavy atom. The average Bonchev–Trinajstić information content (AvgIpc) is 2.89. The smallest absolute Gasteiger partial charge is 0.319 e. The van der Waals surface area contributed by atoms with Crippen molar-refractivity contribution in [3.8, 4) is 0 Å². The van der Waals surface area contributed by atoms with Crippen LogP contribution in [0, 0.1) is 11.8 Å². The van der Waals surface area contributed by atoms with Gasteiger partial charge in [-0.1, -0.05) is 29.6 Å². The average molecular weight is 331 g/mol. The van der Waals surface area contributed by atoms with Gasteiger partial charge in [0, 0.05) is 11.6 Å². The molecule has 0 saturated heterocycles. The SMILES string of the molecule is O=C(NCC1CCCC1C(=O)O)Nc1cc(Cl)ccc1Cl. The Balaban J connectivity index is 1.87. The molecule has 2 rings (SSSR count). The van der Waals surface area contributed by atoms with Gasteiger partial charge in [-0.3, -0.25) is 4.79 Å². The number of carbonyl (C=O) groups excluding carboxylic acids is 1. The van der Waals surface area contributed by atoms with E-state index in [1.54, 1.807) is 18.2 Å². The van der Waals surface area contributed by atoms with Gasteiger partial charge in [0.05, 0.1) is 16.6 Å². The molecule has 0 aliphatic heterocycles. The van der Waals surface area contributed by atoms with E-state index in [0.29, 0.717) is 28.7 Å². The third-order valence-corrected chi connectivity index (χ3v) is 4.24. The van der Waals surface area contributed by atoms with Crippen LogP contribution in [-0.4, -0.2) is 23.7 Å². The fourth-order valence-electron chi connectivity index (χ4n) is 2.59. The molecule has 0 bridgehead atoms. The van der Waals surface area contributed by atoms with Gasteiger partial charge in [-0.15, -0.1) is 0 Å². The lowest BCUT2D eigenvalue weighted by molar-refractivity contribution is -0.142. The Kier molecular flexibility index (Phi) is 5.31. The van der Waals surface area contributed by atoms with E-state index >= 15 is 0 Å². The number of nitrogens with one attached hydrogen (secondary N) is 2. The van der Waals surface area contributed by atoms with E-state index in [4.69, 9.17) is 28.3 Å². The molecule has 0 heterocycles. The third kappa shape index (κ3) is 4.25. The molecule has 1 fully saturated rings. The first-order valence-electron chi connectivity index (χ1n) is 6.70. The summed E-state index contributed by atoms with van der Waals surface area (Å²) >= 11 is 11.8. The zero-order valence-electron chi connectivity index (χ0n) is 11.2. The van der Waals surface area contributed by atoms with Crippen LogP contribution in [0.4, 0.5) is 10.5 Å². The summed E-state index contributed by atoms with van der Waals surface area (Å²) in [6.45, 7) is 0.334. The Morgan fingerprint density at radius 2 is 2.05 bits per heavy atom. The van der Waals surface area contributed by atoms with Gasteiger partial charge < -0.3 is 15.7 Å². The van der Waals surface area contributed by atoms with Crippen molar-refractivity contribution in [2.45, 2.75) is 19.3 Å². The van der Waals surface area contributed by atoms with E-state index < -0.39 is 12.0 Å². The fraction of sp³-hybridized carbons (Fsp3) is 0.429. The molecule has 1 saturated carbocycles. The predicted octanol–water partition coefficient (Wildman–Crippen LogP) is 3.62. The normalized spacial score (nSPS) is 21.0. The second-order valence-corrected chi connectivity index (χ2v) is 5.94. The lowest BCUT2D eigenvalue weighted by Gasteiger charge is -2.17. The van der Waals surface area contributed by atoms with Crippen molar-refractivity contribution in [3.63, 3.8) is 0 Å². The molecule has 114 valence electrons. The molecule has 1 aliphatic carbocycles. The van der Waals surface area contributed by atoms with Crippen LogP contribution in [-0.2, 0) is 4.79 Å². The minimum absolute atomic E-state index is 0.0249. The first-order chi connectivity index (χ1) is 9.97. The predicted molar refractivity (Wildman–Crippen MR) is 82.0 cm³/mol. The van der Waals surface area contributed by atoms with E-state index in [9.17, 15) is 9.59 Å². The molecular formula is C14H16Cl2N2O3. The van der Waals surface area contributed by atoms with Crippen molar-refractivity contribution in [1.29, 1.82) is 0 Å². The van der Waals surface area contributed by atoms with Crippen LogP contribution in [0.5, 0.6) is 0 Å². The van der Waals surface area contributed by atoms with Crippen LogP contribution < -0.4 is 10.6 Å². The highest BCUT2D eigenvalue weighted by Crippen LogP contribution is 2.31. The van der Waals surface area contributed by atoms with Crippen molar-refractivity contribution in [1.82, 2.24) is 5.32 Å². The highest BCUT2D eigenvalue weighted by Gasteiger charge is 2.32. The summed E-state index contributed by atoms with van der Waals surface area (Å²) in [5.74, 6) is -1.19. The summed E-state index contributed by atoms with van der Waals surface area (Å²) in [5, 5.41) is 15.2. The quantitative estimate of drug-likeness (QED) is 0.788. The first kappa shape index (κ1) is 15.9. The molecule has 1 aromatic carbocycles. The van der Waals surface area contributed by atoms with Crippen LogP contribution in [0.3, 0.4) is 0 Å². The van der Waals surface area contributed by atoms with Gasteiger partial charge in [0.2, 0.25) is 0 Å². The Bertz CT molecular complexity index is 551. The Hall–Kier alpha value is -1.46. The molecule has 2 atom stereocenters. The number of anilines is 1. The summed E-state index contributed by atoms with van der Waals surface area (Å²) in [4.78, 5) is 22.9. The van der Waals surface area contributed by atoms with Gasteiger partial charge in [0.25, 0.3) is 0 Å². The molecule has 0 radical (unpaired) electrons. The Labute approximate surface area is 132 Å². The van der Waals surface area contributed by atoms with Crippen LogP contribution in [0.25, 0.3) is 0 Å². The van der Waals surface area contributed by atoms with E-state index in [2.05, 4.69) is 10.6 Å². The number of benzene rings is 1. The topological polar surface area (TPSA) is 78.4 Å². The minimum Gasteiger partial charge on any atom is -0.481 e. The summed E-state index contributed by atoms with van der Waals surface area (Å²) < 4.78 is 0. The zero-order valence-corrected chi connectivity index (χ0v) is 12.7. The van der Waals surface area contributed by atoms with E-state index in [0.717, 1.165) is 12.8 Å². The lowest BCUT2D eigenvalue weighted by atomic mass is 9.96. The van der Waals surface area contributed by atoms with E-state index in [1.807, 2.05) is 0 Å². The third-order valence-electron chi connectivity index (χ3n) is 3.68. The molecule has 1 aliphatic rings. The second kappa shape index (κ2) is 7.00. The lowest BCUT2D eigenvalue weighted by Crippen LogP contribution is -2.35. The summed E-state index contributed by atoms with van der Waals surface area (Å²) in [6.07, 6.45) is 2.36. The number of rotatable bonds is 4. The largest absolute Gasteiger partial charge is 0.481 e. The number of carboxylic acid groups (broad SMARTS) is 1. The maximum atomic E-state index is 11.8. The van der Waals surface area contributed by atoms with Gasteiger partial charge in [0.15, 0.2) is 0 Å². The molecule has 2 amide bonds. The van der Waals surface area contributed by atoms with Crippen LogP contribution in [0.2, 0.25) is 10.0 Å². The standard InChI is InChI=1S/C14H16Cl2N2O3/c15-9-4-5-11(16)12(6-9)18-14(21)17-7-8-2-1-3-10(8)13(19)20/h4-6,8,10H,1-3,7H2,(H,19,20)(H2,17,18,21). The molecule has 1 aromatic rings. The maximum absolute atomic E-state index is 11.8. The first-order valence-corrected chi connectivity index (χ1v) is 7.45. The molecule has 21 heavy (non-hydrogen) atoms. The monoisotopic (exact) mass is 330 g/mol. The maximum Gasteiger partial charge on any atom is 0.319 e. The van der Waals surface area contributed by atoms with E-state index in [1.165, 1.54) is 0 Å². The number of urea groups is 1. The van der Waals surface area contributed by atoms with Gasteiger partial charge in [-0.25, -0.2) is 4.79 Å². The van der Waals surface area contributed by atoms with Crippen molar-refractivity contribution in [3.05, 3.63) is 28.2 Å². The zero-order chi connectivity index (χ0) is 15.4. The highest BCUT2D eigenvalue weighted by molar-refractivity contribution is 6.35. The van der Waals surface area contributed by atoms with Gasteiger partial charge in [0.1, 0.15) is 0 Å². The second-order valence-electron chi connectivity index (χ2n) is 5.09. The molecular weight excluding hydrogens is 315 g/mol. The molecule has 5 nitrogen and oxygen atoms in total.